The molecule has 5 rings (SSSR count). The first-order chi connectivity index (χ1) is 19.7. The van der Waals surface area contributed by atoms with Crippen LogP contribution in [0.25, 0.3) is 6.08 Å². The first kappa shape index (κ1) is 28.5. The van der Waals surface area contributed by atoms with Crippen LogP contribution in [0.2, 0.25) is 0 Å². The van der Waals surface area contributed by atoms with E-state index in [1.54, 1.807) is 38.3 Å². The topological polar surface area (TPSA) is 123 Å². The van der Waals surface area contributed by atoms with Crippen molar-refractivity contribution < 1.29 is 36.0 Å². The van der Waals surface area contributed by atoms with Crippen molar-refractivity contribution in [3.8, 4) is 0 Å². The molecule has 2 atom stereocenters. The van der Waals surface area contributed by atoms with E-state index < -0.39 is 45.3 Å². The van der Waals surface area contributed by atoms with Crippen molar-refractivity contribution in [2.45, 2.75) is 44.0 Å². The molecule has 0 spiro atoms. The van der Waals surface area contributed by atoms with Gasteiger partial charge in [0.05, 0.1) is 23.8 Å². The highest BCUT2D eigenvalue weighted by Gasteiger charge is 2.45. The highest BCUT2D eigenvalue weighted by atomic mass is 32.2. The van der Waals surface area contributed by atoms with Crippen LogP contribution in [0.3, 0.4) is 0 Å². The van der Waals surface area contributed by atoms with Crippen molar-refractivity contribution in [1.29, 1.82) is 0 Å². The normalized spacial score (nSPS) is 19.9. The SMILES string of the molecule is CCN(CC)S(=O)(=O)c1cc(C(=O)OCC(=O)N2N=C3C(=Cc4ccco4)CCCC3C2c2ccco2)ccc1F. The largest absolute Gasteiger partial charge is 0.467 e. The first-order valence-electron chi connectivity index (χ1n) is 13.4. The molecule has 1 aliphatic carbocycles. The lowest BCUT2D eigenvalue weighted by Crippen LogP contribution is -2.34. The van der Waals surface area contributed by atoms with E-state index in [0.29, 0.717) is 11.5 Å². The Kier molecular flexibility index (Phi) is 8.22. The standard InChI is InChI=1S/C29H30FN3O7S/c1-3-32(4-2)41(36,37)25-17-20(12-13-23(25)30)29(35)40-18-26(34)33-28(24-11-7-15-39-24)22-10-5-8-19(27(22)31-33)16-21-9-6-14-38-21/h6-7,9,11-17,22,28H,3-5,8,10,18H2,1-2H3. The molecule has 1 saturated carbocycles. The smallest absolute Gasteiger partial charge is 0.338 e. The number of allylic oxidation sites excluding steroid dienone is 1. The molecular formula is C29H30FN3O7S. The number of fused-ring (bicyclic) bond motifs is 1. The monoisotopic (exact) mass is 583 g/mol. The Morgan fingerprint density at radius 2 is 1.90 bits per heavy atom. The van der Waals surface area contributed by atoms with Gasteiger partial charge in [0.25, 0.3) is 5.91 Å². The van der Waals surface area contributed by atoms with Crippen LogP contribution in [0.15, 0.2) is 79.4 Å². The van der Waals surface area contributed by atoms with Crippen LogP contribution >= 0.6 is 0 Å². The molecule has 1 aliphatic heterocycles. The number of hydrogen-bond donors (Lipinski definition) is 0. The molecule has 10 nitrogen and oxygen atoms in total. The number of nitrogens with zero attached hydrogens (tertiary/aromatic N) is 3. The number of furan rings is 2. The van der Waals surface area contributed by atoms with Gasteiger partial charge >= 0.3 is 5.97 Å². The van der Waals surface area contributed by atoms with Gasteiger partial charge in [-0.15, -0.1) is 0 Å². The molecule has 3 aromatic rings. The van der Waals surface area contributed by atoms with E-state index in [-0.39, 0.29) is 24.6 Å². The number of carbonyl (C=O) groups excluding carboxylic acids is 2. The number of amides is 1. The summed E-state index contributed by atoms with van der Waals surface area (Å²) < 4.78 is 57.7. The number of hydrazone groups is 1. The van der Waals surface area contributed by atoms with Crippen molar-refractivity contribution in [1.82, 2.24) is 9.31 Å². The van der Waals surface area contributed by atoms with E-state index in [4.69, 9.17) is 13.6 Å². The lowest BCUT2D eigenvalue weighted by molar-refractivity contribution is -0.137. The van der Waals surface area contributed by atoms with E-state index in [2.05, 4.69) is 5.10 Å². The van der Waals surface area contributed by atoms with E-state index in [0.717, 1.165) is 53.1 Å². The molecule has 1 fully saturated rings. The maximum Gasteiger partial charge on any atom is 0.338 e. The lowest BCUT2D eigenvalue weighted by Gasteiger charge is -2.27. The Morgan fingerprint density at radius 3 is 2.59 bits per heavy atom. The van der Waals surface area contributed by atoms with Crippen LogP contribution in [0, 0.1) is 11.7 Å². The zero-order valence-electron chi connectivity index (χ0n) is 22.7. The maximum atomic E-state index is 14.5. The molecule has 0 radical (unpaired) electrons. The summed E-state index contributed by atoms with van der Waals surface area (Å²) >= 11 is 0. The van der Waals surface area contributed by atoms with Gasteiger partial charge in [-0.05, 0) is 73.4 Å². The molecule has 1 aromatic carbocycles. The van der Waals surface area contributed by atoms with Gasteiger partial charge in [0.2, 0.25) is 10.0 Å². The molecule has 3 heterocycles. The molecule has 2 aliphatic rings. The highest BCUT2D eigenvalue weighted by molar-refractivity contribution is 7.89. The Bertz CT molecular complexity index is 1580. The molecular weight excluding hydrogens is 553 g/mol. The van der Waals surface area contributed by atoms with Crippen molar-refractivity contribution >= 4 is 33.7 Å². The van der Waals surface area contributed by atoms with E-state index >= 15 is 0 Å². The summed E-state index contributed by atoms with van der Waals surface area (Å²) in [6.07, 6.45) is 7.45. The summed E-state index contributed by atoms with van der Waals surface area (Å²) in [5.74, 6) is -1.43. The Balaban J connectivity index is 1.37. The van der Waals surface area contributed by atoms with Gasteiger partial charge < -0.3 is 13.6 Å². The minimum absolute atomic E-state index is 0.124. The summed E-state index contributed by atoms with van der Waals surface area (Å²) in [5, 5.41) is 5.95. The zero-order chi connectivity index (χ0) is 29.1. The van der Waals surface area contributed by atoms with Gasteiger partial charge in [-0.3, -0.25) is 4.79 Å². The average molecular weight is 584 g/mol. The first-order valence-corrected chi connectivity index (χ1v) is 14.8. The quantitative estimate of drug-likeness (QED) is 0.324. The summed E-state index contributed by atoms with van der Waals surface area (Å²) in [7, 11) is -4.17. The van der Waals surface area contributed by atoms with Crippen LogP contribution in [0.5, 0.6) is 0 Å². The van der Waals surface area contributed by atoms with Gasteiger partial charge in [0, 0.05) is 19.0 Å². The molecule has 2 unspecified atom stereocenters. The fraction of sp³-hybridized carbons (Fsp3) is 0.345. The van der Waals surface area contributed by atoms with E-state index in [9.17, 15) is 22.4 Å². The molecule has 1 amide bonds. The minimum Gasteiger partial charge on any atom is -0.467 e. The van der Waals surface area contributed by atoms with Gasteiger partial charge in [-0.2, -0.15) is 9.41 Å². The van der Waals surface area contributed by atoms with Gasteiger partial charge in [-0.25, -0.2) is 22.6 Å². The van der Waals surface area contributed by atoms with Crippen LogP contribution in [-0.4, -0.2) is 55.0 Å². The summed E-state index contributed by atoms with van der Waals surface area (Å²) in [5.41, 5.74) is 1.50. The minimum atomic E-state index is -4.17. The Morgan fingerprint density at radius 1 is 1.15 bits per heavy atom. The fourth-order valence-electron chi connectivity index (χ4n) is 5.30. The molecule has 216 valence electrons. The predicted molar refractivity (Wildman–Crippen MR) is 147 cm³/mol. The summed E-state index contributed by atoms with van der Waals surface area (Å²) in [4.78, 5) is 25.6. The number of hydrogen-bond acceptors (Lipinski definition) is 8. The number of halogens is 1. The number of rotatable bonds is 9. The number of sulfonamides is 1. The maximum absolute atomic E-state index is 14.5. The van der Waals surface area contributed by atoms with Crippen molar-refractivity contribution in [2.24, 2.45) is 11.0 Å². The van der Waals surface area contributed by atoms with Gasteiger partial charge in [-0.1, -0.05) is 13.8 Å². The third kappa shape index (κ3) is 5.62. The second kappa shape index (κ2) is 11.8. The Labute approximate surface area is 237 Å². The summed E-state index contributed by atoms with van der Waals surface area (Å²) in [6.45, 7) is 2.87. The molecule has 0 saturated heterocycles. The van der Waals surface area contributed by atoms with Crippen LogP contribution in [-0.2, 0) is 19.6 Å². The molecule has 0 bridgehead atoms. The third-order valence-corrected chi connectivity index (χ3v) is 9.33. The predicted octanol–water partition coefficient (Wildman–Crippen LogP) is 5.02. The van der Waals surface area contributed by atoms with Crippen molar-refractivity contribution in [3.05, 3.63) is 83.5 Å². The number of carbonyl (C=O) groups is 2. The van der Waals surface area contributed by atoms with Crippen molar-refractivity contribution in [2.75, 3.05) is 19.7 Å². The van der Waals surface area contributed by atoms with Crippen LogP contribution < -0.4 is 0 Å². The van der Waals surface area contributed by atoms with Crippen molar-refractivity contribution in [3.63, 3.8) is 0 Å². The fourth-order valence-corrected chi connectivity index (χ4v) is 6.85. The lowest BCUT2D eigenvalue weighted by atomic mass is 9.79. The molecule has 41 heavy (non-hydrogen) atoms. The second-order valence-electron chi connectivity index (χ2n) is 9.68. The zero-order valence-corrected chi connectivity index (χ0v) is 23.5. The second-order valence-corrected chi connectivity index (χ2v) is 11.6. The third-order valence-electron chi connectivity index (χ3n) is 7.27. The molecule has 12 heteroatoms. The average Bonchev–Trinajstić information content (AvgIpc) is 3.74. The number of ether oxygens (including phenoxy) is 1. The highest BCUT2D eigenvalue weighted by Crippen LogP contribution is 2.44. The number of benzene rings is 1. The van der Waals surface area contributed by atoms with Crippen LogP contribution in [0.1, 0.15) is 61.0 Å². The van der Waals surface area contributed by atoms with Gasteiger partial charge in [0.1, 0.15) is 28.3 Å². The summed E-state index contributed by atoms with van der Waals surface area (Å²) in [6, 6.07) is 9.56. The van der Waals surface area contributed by atoms with Crippen LogP contribution in [0.4, 0.5) is 4.39 Å². The Hall–Kier alpha value is -4.03. The van der Waals surface area contributed by atoms with E-state index in [1.807, 2.05) is 12.1 Å². The van der Waals surface area contributed by atoms with Gasteiger partial charge in [0.15, 0.2) is 6.61 Å². The number of esters is 1. The molecule has 2 aromatic heterocycles. The van der Waals surface area contributed by atoms with E-state index in [1.165, 1.54) is 11.3 Å². The molecule has 0 N–H and O–H groups in total.